The van der Waals surface area contributed by atoms with Gasteiger partial charge in [0.05, 0.1) is 10.3 Å². The van der Waals surface area contributed by atoms with Gasteiger partial charge in [0.2, 0.25) is 5.91 Å². The number of sulfonamides is 1. The second-order valence-corrected chi connectivity index (χ2v) is 13.3. The van der Waals surface area contributed by atoms with Crippen LogP contribution in [0, 0.1) is 31.1 Å². The first kappa shape index (κ1) is 22.1. The van der Waals surface area contributed by atoms with Crippen molar-refractivity contribution in [2.75, 3.05) is 0 Å². The maximum atomic E-state index is 13.8. The fourth-order valence-corrected chi connectivity index (χ4v) is 9.10. The number of rotatable bonds is 4. The van der Waals surface area contributed by atoms with Crippen LogP contribution in [0.2, 0.25) is 0 Å². The number of fused-ring (bicyclic) bond motifs is 1. The van der Waals surface area contributed by atoms with Crippen LogP contribution >= 0.6 is 0 Å². The van der Waals surface area contributed by atoms with Crippen molar-refractivity contribution in [1.29, 1.82) is 0 Å². The molecule has 0 spiro atoms. The molecule has 2 atom stereocenters. The molecular weight excluding hydrogens is 442 g/mol. The summed E-state index contributed by atoms with van der Waals surface area (Å²) in [5, 5.41) is 0. The quantitative estimate of drug-likeness (QED) is 0.628. The fourth-order valence-electron chi connectivity index (χ4n) is 7.85. The van der Waals surface area contributed by atoms with Crippen LogP contribution in [0.5, 0.6) is 0 Å². The molecule has 5 aliphatic carbocycles. The van der Waals surface area contributed by atoms with E-state index in [2.05, 4.69) is 36.8 Å². The maximum absolute atomic E-state index is 13.8. The molecule has 5 heteroatoms. The molecule has 2 unspecified atom stereocenters. The summed E-state index contributed by atoms with van der Waals surface area (Å²) in [6.45, 7) is 4.29. The lowest BCUT2D eigenvalue weighted by molar-refractivity contribution is -0.147. The number of hydrogen-bond acceptors (Lipinski definition) is 3. The molecule has 0 aromatic heterocycles. The van der Waals surface area contributed by atoms with Crippen LogP contribution in [0.1, 0.15) is 72.8 Å². The average Bonchev–Trinajstić information content (AvgIpc) is 2.79. The van der Waals surface area contributed by atoms with Crippen LogP contribution < -0.4 is 4.72 Å². The van der Waals surface area contributed by atoms with Crippen LogP contribution in [0.3, 0.4) is 0 Å². The zero-order valence-electron chi connectivity index (χ0n) is 20.1. The Morgan fingerprint density at radius 1 is 0.941 bits per heavy atom. The third-order valence-electron chi connectivity index (χ3n) is 9.25. The van der Waals surface area contributed by atoms with E-state index in [0.717, 1.165) is 43.2 Å². The summed E-state index contributed by atoms with van der Waals surface area (Å²) >= 11 is 0. The van der Waals surface area contributed by atoms with Crippen LogP contribution in [0.4, 0.5) is 0 Å². The first-order valence-corrected chi connectivity index (χ1v) is 14.1. The van der Waals surface area contributed by atoms with Gasteiger partial charge in [0, 0.05) is 0 Å². The van der Waals surface area contributed by atoms with Gasteiger partial charge < -0.3 is 0 Å². The summed E-state index contributed by atoms with van der Waals surface area (Å²) in [6, 6.07) is 14.6. The largest absolute Gasteiger partial charge is 0.273 e. The molecule has 7 rings (SSSR count). The summed E-state index contributed by atoms with van der Waals surface area (Å²) in [6.07, 6.45) is 8.68. The SMILES string of the molecule is Cc1ccc(C23CC4CC(CC(C(=O)NS(=O)(=O)C5=Cc6ccccc6CC5)(C4)C2)C3)cc1C. The molecule has 178 valence electrons. The van der Waals surface area contributed by atoms with Gasteiger partial charge in [-0.3, -0.25) is 4.79 Å². The van der Waals surface area contributed by atoms with Crippen molar-refractivity contribution >= 4 is 22.0 Å². The predicted octanol–water partition coefficient (Wildman–Crippen LogP) is 5.57. The molecule has 4 nitrogen and oxygen atoms in total. The van der Waals surface area contributed by atoms with E-state index in [1.54, 1.807) is 6.08 Å². The molecule has 4 saturated carbocycles. The minimum absolute atomic E-state index is 0.00725. The van der Waals surface area contributed by atoms with Gasteiger partial charge in [-0.25, -0.2) is 13.1 Å². The molecule has 4 bridgehead atoms. The summed E-state index contributed by atoms with van der Waals surface area (Å²) in [5.74, 6) is 0.726. The van der Waals surface area contributed by atoms with E-state index in [1.807, 2.05) is 24.3 Å². The van der Waals surface area contributed by atoms with Crippen molar-refractivity contribution in [2.24, 2.45) is 17.3 Å². The lowest BCUT2D eigenvalue weighted by Crippen LogP contribution is -2.59. The van der Waals surface area contributed by atoms with Crippen molar-refractivity contribution in [3.63, 3.8) is 0 Å². The fraction of sp³-hybridized carbons (Fsp3) is 0.483. The number of allylic oxidation sites excluding steroid dienone is 1. The van der Waals surface area contributed by atoms with Gasteiger partial charge in [-0.1, -0.05) is 42.5 Å². The first-order chi connectivity index (χ1) is 16.2. The zero-order chi connectivity index (χ0) is 23.7. The van der Waals surface area contributed by atoms with Crippen molar-refractivity contribution in [3.05, 3.63) is 75.2 Å². The van der Waals surface area contributed by atoms with Crippen molar-refractivity contribution in [1.82, 2.24) is 4.72 Å². The molecule has 1 N–H and O–H groups in total. The van der Waals surface area contributed by atoms with Crippen molar-refractivity contribution in [2.45, 2.75) is 70.6 Å². The summed E-state index contributed by atoms with van der Waals surface area (Å²) < 4.78 is 29.2. The highest BCUT2D eigenvalue weighted by Gasteiger charge is 2.61. The Kier molecular flexibility index (Phi) is 4.90. The highest BCUT2D eigenvalue weighted by Crippen LogP contribution is 2.66. The Morgan fingerprint density at radius 3 is 2.41 bits per heavy atom. The van der Waals surface area contributed by atoms with Gasteiger partial charge >= 0.3 is 0 Å². The molecule has 4 fully saturated rings. The second-order valence-electron chi connectivity index (χ2n) is 11.6. The third-order valence-corrected chi connectivity index (χ3v) is 10.7. The average molecular weight is 476 g/mol. The predicted molar refractivity (Wildman–Crippen MR) is 135 cm³/mol. The number of benzene rings is 2. The van der Waals surface area contributed by atoms with E-state index in [4.69, 9.17) is 0 Å². The Morgan fingerprint density at radius 2 is 1.68 bits per heavy atom. The summed E-state index contributed by atoms with van der Waals surface area (Å²) in [4.78, 5) is 14.1. The Labute approximate surface area is 202 Å². The molecule has 2 aromatic carbocycles. The minimum Gasteiger partial charge on any atom is -0.273 e. The van der Waals surface area contributed by atoms with Gasteiger partial charge in [-0.05, 0) is 116 Å². The Bertz CT molecular complexity index is 1310. The van der Waals surface area contributed by atoms with Crippen molar-refractivity contribution in [3.8, 4) is 0 Å². The van der Waals surface area contributed by atoms with E-state index >= 15 is 0 Å². The number of nitrogens with one attached hydrogen (secondary N) is 1. The highest BCUT2D eigenvalue weighted by atomic mass is 32.2. The molecule has 0 aliphatic heterocycles. The lowest BCUT2D eigenvalue weighted by atomic mass is 9.42. The van der Waals surface area contributed by atoms with Crippen LogP contribution in [0.15, 0.2) is 47.4 Å². The molecule has 34 heavy (non-hydrogen) atoms. The summed E-state index contributed by atoms with van der Waals surface area (Å²) in [7, 11) is -3.85. The normalized spacial score (nSPS) is 31.6. The van der Waals surface area contributed by atoms with Crippen molar-refractivity contribution < 1.29 is 13.2 Å². The van der Waals surface area contributed by atoms with E-state index in [0.29, 0.717) is 29.6 Å². The second kappa shape index (κ2) is 7.55. The minimum atomic E-state index is -3.85. The third kappa shape index (κ3) is 3.46. The zero-order valence-corrected chi connectivity index (χ0v) is 20.9. The van der Waals surface area contributed by atoms with Gasteiger partial charge in [0.1, 0.15) is 0 Å². The molecule has 0 radical (unpaired) electrons. The lowest BCUT2D eigenvalue weighted by Gasteiger charge is -2.61. The Balaban J connectivity index is 1.30. The first-order valence-electron chi connectivity index (χ1n) is 12.6. The monoisotopic (exact) mass is 475 g/mol. The smallest absolute Gasteiger partial charge is 0.260 e. The van der Waals surface area contributed by atoms with Gasteiger partial charge in [-0.2, -0.15) is 0 Å². The van der Waals surface area contributed by atoms with Crippen LogP contribution in [-0.4, -0.2) is 14.3 Å². The number of carbonyl (C=O) groups is 1. The van der Waals surface area contributed by atoms with Gasteiger partial charge in [-0.15, -0.1) is 0 Å². The van der Waals surface area contributed by atoms with E-state index in [-0.39, 0.29) is 11.3 Å². The standard InChI is InChI=1S/C29H33NO3S/c1-19-7-9-25(11-20(19)2)28-14-21-12-22(15-28)17-29(16-21,18-28)27(31)30-34(32,33)26-10-8-23-5-3-4-6-24(23)13-26/h3-7,9,11,13,21-22H,8,10,12,14-18H2,1-2H3,(H,30,31). The number of carbonyl (C=O) groups excluding carboxylic acids is 1. The number of hydrogen-bond donors (Lipinski definition) is 1. The highest BCUT2D eigenvalue weighted by molar-refractivity contribution is 7.94. The Hall–Kier alpha value is -2.40. The topological polar surface area (TPSA) is 63.2 Å². The number of aryl methyl sites for hydroxylation is 3. The molecular formula is C29H33NO3S. The molecule has 1 amide bonds. The van der Waals surface area contributed by atoms with Gasteiger partial charge in [0.25, 0.3) is 10.0 Å². The van der Waals surface area contributed by atoms with Crippen LogP contribution in [-0.2, 0) is 26.7 Å². The maximum Gasteiger partial charge on any atom is 0.260 e. The van der Waals surface area contributed by atoms with Crippen LogP contribution in [0.25, 0.3) is 6.08 Å². The molecule has 2 aromatic rings. The molecule has 5 aliphatic rings. The van der Waals surface area contributed by atoms with E-state index in [9.17, 15) is 13.2 Å². The van der Waals surface area contributed by atoms with Gasteiger partial charge in [0.15, 0.2) is 0 Å². The molecule has 0 saturated heterocycles. The number of amides is 1. The summed E-state index contributed by atoms with van der Waals surface area (Å²) in [5.41, 5.74) is 5.43. The van der Waals surface area contributed by atoms with E-state index < -0.39 is 15.4 Å². The van der Waals surface area contributed by atoms with E-state index in [1.165, 1.54) is 23.1 Å². The molecule has 0 heterocycles.